The third kappa shape index (κ3) is 6.99. The van der Waals surface area contributed by atoms with Gasteiger partial charge in [0.2, 0.25) is 0 Å². The Morgan fingerprint density at radius 1 is 1.22 bits per heavy atom. The highest BCUT2D eigenvalue weighted by Gasteiger charge is 2.43. The molecule has 3 amide bonds. The standard InChI is InChI=1S/C28H39FN4O4/c1-3-20-8-4-9-21(18-20)25-23(11-5-12-24(25)29)28(36,13-7-15-32-27(35)37-2)22-10-6-17-33(19-22)26(34)31-16-14-30/h4-5,8-9,11-12,18,22,36H,3,6-7,10,13-17,19,30H2,1-2H3,(H,31,34)(H,32,35). The molecule has 2 aromatic carbocycles. The number of alkyl carbamates (subject to hydrolysis) is 1. The summed E-state index contributed by atoms with van der Waals surface area (Å²) in [4.78, 5) is 25.9. The molecule has 2 unspecified atom stereocenters. The summed E-state index contributed by atoms with van der Waals surface area (Å²) in [5.41, 5.74) is 6.73. The van der Waals surface area contributed by atoms with Gasteiger partial charge in [-0.15, -0.1) is 0 Å². The average Bonchev–Trinajstić information content (AvgIpc) is 2.93. The molecule has 0 saturated carbocycles. The molecule has 9 heteroatoms. The molecule has 1 aliphatic heterocycles. The van der Waals surface area contributed by atoms with Crippen LogP contribution in [0.25, 0.3) is 11.1 Å². The van der Waals surface area contributed by atoms with Gasteiger partial charge in [0, 0.05) is 44.2 Å². The van der Waals surface area contributed by atoms with E-state index in [1.807, 2.05) is 31.2 Å². The average molecular weight is 515 g/mol. The van der Waals surface area contributed by atoms with E-state index < -0.39 is 17.5 Å². The van der Waals surface area contributed by atoms with Crippen LogP contribution in [-0.4, -0.2) is 62.0 Å². The van der Waals surface area contributed by atoms with Gasteiger partial charge in [0.05, 0.1) is 12.7 Å². The van der Waals surface area contributed by atoms with Crippen molar-refractivity contribution in [2.75, 3.05) is 39.8 Å². The molecule has 0 radical (unpaired) electrons. The molecule has 0 aromatic heterocycles. The SMILES string of the molecule is CCc1cccc(-c2c(F)cccc2C(O)(CCCNC(=O)OC)C2CCCN(C(=O)NCCN)C2)c1. The highest BCUT2D eigenvalue weighted by atomic mass is 19.1. The molecule has 0 aliphatic carbocycles. The van der Waals surface area contributed by atoms with Crippen molar-refractivity contribution in [2.45, 2.75) is 44.6 Å². The Morgan fingerprint density at radius 3 is 2.73 bits per heavy atom. The number of nitrogens with one attached hydrogen (secondary N) is 2. The van der Waals surface area contributed by atoms with E-state index in [-0.39, 0.29) is 18.4 Å². The quantitative estimate of drug-likeness (QED) is 0.360. The van der Waals surface area contributed by atoms with Crippen molar-refractivity contribution in [3.05, 3.63) is 59.4 Å². The highest BCUT2D eigenvalue weighted by Crippen LogP contribution is 2.44. The number of ether oxygens (including phenoxy) is 1. The maximum absolute atomic E-state index is 15.5. The fourth-order valence-electron chi connectivity index (χ4n) is 5.15. The number of aryl methyl sites for hydroxylation is 1. The van der Waals surface area contributed by atoms with Crippen molar-refractivity contribution in [3.8, 4) is 11.1 Å². The Bertz CT molecular complexity index is 1070. The summed E-state index contributed by atoms with van der Waals surface area (Å²) in [5, 5.41) is 17.9. The number of rotatable bonds is 10. The maximum atomic E-state index is 15.5. The number of hydrogen-bond donors (Lipinski definition) is 4. The van der Waals surface area contributed by atoms with Gasteiger partial charge >= 0.3 is 12.1 Å². The van der Waals surface area contributed by atoms with Crippen molar-refractivity contribution >= 4 is 12.1 Å². The van der Waals surface area contributed by atoms with Crippen LogP contribution in [0, 0.1) is 11.7 Å². The van der Waals surface area contributed by atoms with Crippen LogP contribution in [0.2, 0.25) is 0 Å². The van der Waals surface area contributed by atoms with Crippen LogP contribution in [0.3, 0.4) is 0 Å². The first kappa shape index (κ1) is 28.4. The van der Waals surface area contributed by atoms with Gasteiger partial charge in [0.15, 0.2) is 0 Å². The van der Waals surface area contributed by atoms with E-state index in [1.165, 1.54) is 13.2 Å². The monoisotopic (exact) mass is 514 g/mol. The molecule has 2 aromatic rings. The van der Waals surface area contributed by atoms with Crippen molar-refractivity contribution < 1.29 is 23.8 Å². The Labute approximate surface area is 218 Å². The molecule has 1 heterocycles. The summed E-state index contributed by atoms with van der Waals surface area (Å²) in [6, 6.07) is 12.3. The van der Waals surface area contributed by atoms with Crippen molar-refractivity contribution in [1.82, 2.24) is 15.5 Å². The third-order valence-electron chi connectivity index (χ3n) is 7.10. The van der Waals surface area contributed by atoms with Crippen molar-refractivity contribution in [2.24, 2.45) is 11.7 Å². The fraction of sp³-hybridized carbons (Fsp3) is 0.500. The van der Waals surface area contributed by atoms with Gasteiger partial charge in [-0.2, -0.15) is 0 Å². The highest BCUT2D eigenvalue weighted by molar-refractivity contribution is 5.74. The van der Waals surface area contributed by atoms with Crippen LogP contribution < -0.4 is 16.4 Å². The zero-order valence-corrected chi connectivity index (χ0v) is 21.8. The van der Waals surface area contributed by atoms with E-state index in [1.54, 1.807) is 17.0 Å². The van der Waals surface area contributed by atoms with Crippen LogP contribution in [0.1, 0.15) is 43.7 Å². The maximum Gasteiger partial charge on any atom is 0.406 e. The number of likely N-dealkylation sites (tertiary alicyclic amines) is 1. The predicted molar refractivity (Wildman–Crippen MR) is 142 cm³/mol. The lowest BCUT2D eigenvalue weighted by atomic mass is 9.72. The van der Waals surface area contributed by atoms with Gasteiger partial charge in [-0.3, -0.25) is 0 Å². The van der Waals surface area contributed by atoms with Crippen molar-refractivity contribution in [3.63, 3.8) is 0 Å². The van der Waals surface area contributed by atoms with Crippen LogP contribution >= 0.6 is 0 Å². The number of nitrogens with zero attached hydrogens (tertiary/aromatic N) is 1. The molecule has 1 fully saturated rings. The first-order valence-electron chi connectivity index (χ1n) is 13.0. The Hall–Kier alpha value is -3.17. The lowest BCUT2D eigenvalue weighted by Crippen LogP contribution is -2.51. The number of aliphatic hydroxyl groups is 1. The van der Waals surface area contributed by atoms with Gasteiger partial charge in [-0.1, -0.05) is 43.3 Å². The first-order valence-corrected chi connectivity index (χ1v) is 13.0. The minimum atomic E-state index is -1.44. The molecule has 202 valence electrons. The number of halogens is 1. The molecule has 37 heavy (non-hydrogen) atoms. The van der Waals surface area contributed by atoms with Gasteiger partial charge in [-0.05, 0) is 54.9 Å². The summed E-state index contributed by atoms with van der Waals surface area (Å²) in [6.45, 7) is 3.93. The summed E-state index contributed by atoms with van der Waals surface area (Å²) >= 11 is 0. The topological polar surface area (TPSA) is 117 Å². The number of amides is 3. The van der Waals surface area contributed by atoms with Crippen LogP contribution in [0.5, 0.6) is 0 Å². The lowest BCUT2D eigenvalue weighted by Gasteiger charge is -2.43. The number of piperidine rings is 1. The minimum Gasteiger partial charge on any atom is -0.453 e. The molecule has 8 nitrogen and oxygen atoms in total. The zero-order chi connectivity index (χ0) is 26.8. The molecule has 0 spiro atoms. The van der Waals surface area contributed by atoms with Crippen molar-refractivity contribution in [1.29, 1.82) is 0 Å². The summed E-state index contributed by atoms with van der Waals surface area (Å²) in [5.74, 6) is -0.747. The molecule has 2 atom stereocenters. The Kier molecular flexibility index (Phi) is 10.3. The Balaban J connectivity index is 2.01. The number of carbonyl (C=O) groups is 2. The van der Waals surface area contributed by atoms with Crippen LogP contribution in [0.15, 0.2) is 42.5 Å². The van der Waals surface area contributed by atoms with E-state index in [9.17, 15) is 14.7 Å². The van der Waals surface area contributed by atoms with E-state index in [0.717, 1.165) is 12.0 Å². The van der Waals surface area contributed by atoms with Gasteiger partial charge in [-0.25, -0.2) is 14.0 Å². The van der Waals surface area contributed by atoms with Crippen LogP contribution in [0.4, 0.5) is 14.0 Å². The van der Waals surface area contributed by atoms with Gasteiger partial charge < -0.3 is 31.1 Å². The number of carbonyl (C=O) groups excluding carboxylic acids is 2. The molecule has 0 bridgehead atoms. The van der Waals surface area contributed by atoms with E-state index in [4.69, 9.17) is 5.73 Å². The van der Waals surface area contributed by atoms with E-state index >= 15 is 4.39 Å². The zero-order valence-electron chi connectivity index (χ0n) is 21.8. The smallest absolute Gasteiger partial charge is 0.406 e. The number of urea groups is 1. The second kappa shape index (κ2) is 13.4. The van der Waals surface area contributed by atoms with E-state index in [0.29, 0.717) is 68.7 Å². The molecule has 3 rings (SSSR count). The summed E-state index contributed by atoms with van der Waals surface area (Å²) < 4.78 is 20.1. The third-order valence-corrected chi connectivity index (χ3v) is 7.10. The molecule has 5 N–H and O–H groups in total. The second-order valence-electron chi connectivity index (χ2n) is 9.47. The lowest BCUT2D eigenvalue weighted by molar-refractivity contribution is -0.0548. The van der Waals surface area contributed by atoms with E-state index in [2.05, 4.69) is 15.4 Å². The summed E-state index contributed by atoms with van der Waals surface area (Å²) in [7, 11) is 1.29. The largest absolute Gasteiger partial charge is 0.453 e. The molecular weight excluding hydrogens is 475 g/mol. The normalized spacial score (nSPS) is 17.1. The fourth-order valence-corrected chi connectivity index (χ4v) is 5.15. The Morgan fingerprint density at radius 2 is 2.00 bits per heavy atom. The van der Waals surface area contributed by atoms with Gasteiger partial charge in [0.25, 0.3) is 0 Å². The van der Waals surface area contributed by atoms with Crippen LogP contribution in [-0.2, 0) is 16.8 Å². The number of methoxy groups -OCH3 is 1. The minimum absolute atomic E-state index is 0.222. The second-order valence-corrected chi connectivity index (χ2v) is 9.47. The number of benzene rings is 2. The number of hydrogen-bond acceptors (Lipinski definition) is 5. The van der Waals surface area contributed by atoms with Gasteiger partial charge in [0.1, 0.15) is 5.82 Å². The predicted octanol–water partition coefficient (Wildman–Crippen LogP) is 3.76. The first-order chi connectivity index (χ1) is 17.8. The number of nitrogens with two attached hydrogens (primary N) is 1. The summed E-state index contributed by atoms with van der Waals surface area (Å²) in [6.07, 6.45) is 2.34. The molecule has 1 aliphatic rings. The molecule has 1 saturated heterocycles. The molecular formula is C28H39FN4O4.